The van der Waals surface area contributed by atoms with Gasteiger partial charge in [-0.05, 0) is 55.9 Å². The average Bonchev–Trinajstić information content (AvgIpc) is 2.45. The molecule has 21 heavy (non-hydrogen) atoms. The van der Waals surface area contributed by atoms with Crippen LogP contribution in [0, 0.1) is 5.92 Å². The molecule has 0 radical (unpaired) electrons. The van der Waals surface area contributed by atoms with Crippen LogP contribution >= 0.6 is 0 Å². The molecular formula is C16H25NO3S. The van der Waals surface area contributed by atoms with Gasteiger partial charge in [0.15, 0.2) is 9.84 Å². The van der Waals surface area contributed by atoms with Crippen molar-refractivity contribution in [2.45, 2.75) is 49.5 Å². The van der Waals surface area contributed by atoms with Crippen LogP contribution in [0.4, 0.5) is 5.69 Å². The normalized spacial score (nSPS) is 23.0. The van der Waals surface area contributed by atoms with Crippen molar-refractivity contribution < 1.29 is 13.5 Å². The molecule has 2 rings (SSSR count). The molecule has 2 N–H and O–H groups in total. The minimum Gasteiger partial charge on any atom is -0.393 e. The fourth-order valence-electron chi connectivity index (χ4n) is 2.94. The Bertz CT molecular complexity index is 539. The second-order valence-corrected chi connectivity index (χ2v) is 7.99. The van der Waals surface area contributed by atoms with Crippen LogP contribution in [0.5, 0.6) is 0 Å². The zero-order valence-electron chi connectivity index (χ0n) is 12.6. The number of nitrogens with one attached hydrogen (secondary N) is 1. The monoisotopic (exact) mass is 311 g/mol. The Labute approximate surface area is 127 Å². The molecule has 2 atom stereocenters. The van der Waals surface area contributed by atoms with Gasteiger partial charge in [-0.15, -0.1) is 0 Å². The molecule has 1 aliphatic rings. The van der Waals surface area contributed by atoms with Crippen molar-refractivity contribution in [2.24, 2.45) is 5.92 Å². The highest BCUT2D eigenvalue weighted by Crippen LogP contribution is 2.27. The van der Waals surface area contributed by atoms with Gasteiger partial charge in [-0.25, -0.2) is 8.42 Å². The number of aliphatic hydroxyl groups is 1. The molecule has 0 unspecified atom stereocenters. The number of rotatable bonds is 6. The summed E-state index contributed by atoms with van der Waals surface area (Å²) < 4.78 is 22.7. The third kappa shape index (κ3) is 5.00. The highest BCUT2D eigenvalue weighted by molar-refractivity contribution is 7.90. The molecule has 1 aromatic rings. The van der Waals surface area contributed by atoms with Crippen molar-refractivity contribution in [3.8, 4) is 0 Å². The molecule has 118 valence electrons. The Balaban J connectivity index is 1.73. The third-order valence-corrected chi connectivity index (χ3v) is 5.36. The van der Waals surface area contributed by atoms with Crippen molar-refractivity contribution in [3.63, 3.8) is 0 Å². The van der Waals surface area contributed by atoms with E-state index in [1.807, 2.05) is 0 Å². The number of benzene rings is 1. The zero-order valence-corrected chi connectivity index (χ0v) is 13.4. The minimum atomic E-state index is -3.12. The number of sulfone groups is 1. The number of hydrogen-bond acceptors (Lipinski definition) is 4. The van der Waals surface area contributed by atoms with E-state index in [4.69, 9.17) is 0 Å². The molecule has 5 heteroatoms. The Kier molecular flexibility index (Phi) is 5.65. The van der Waals surface area contributed by atoms with Gasteiger partial charge < -0.3 is 10.4 Å². The van der Waals surface area contributed by atoms with Crippen LogP contribution in [0.3, 0.4) is 0 Å². The van der Waals surface area contributed by atoms with Crippen LogP contribution in [0.1, 0.15) is 38.5 Å². The molecule has 1 fully saturated rings. The quantitative estimate of drug-likeness (QED) is 0.793. The molecule has 0 spiro atoms. The maximum Gasteiger partial charge on any atom is 0.175 e. The lowest BCUT2D eigenvalue weighted by Crippen LogP contribution is -2.24. The number of anilines is 1. The maximum absolute atomic E-state index is 11.4. The van der Waals surface area contributed by atoms with E-state index in [1.54, 1.807) is 24.3 Å². The zero-order chi connectivity index (χ0) is 15.3. The minimum absolute atomic E-state index is 0.118. The van der Waals surface area contributed by atoms with Crippen molar-refractivity contribution in [3.05, 3.63) is 24.3 Å². The van der Waals surface area contributed by atoms with Crippen LogP contribution in [-0.4, -0.2) is 32.4 Å². The van der Waals surface area contributed by atoms with E-state index >= 15 is 0 Å². The van der Waals surface area contributed by atoms with E-state index in [1.165, 1.54) is 12.7 Å². The molecule has 1 aromatic carbocycles. The number of aliphatic hydroxyl groups excluding tert-OH is 1. The molecule has 0 saturated heterocycles. The van der Waals surface area contributed by atoms with Crippen LogP contribution in [-0.2, 0) is 9.84 Å². The summed E-state index contributed by atoms with van der Waals surface area (Å²) in [6, 6.07) is 6.85. The molecule has 0 bridgehead atoms. The highest BCUT2D eigenvalue weighted by Gasteiger charge is 2.22. The van der Waals surface area contributed by atoms with Crippen LogP contribution in [0.2, 0.25) is 0 Å². The van der Waals surface area contributed by atoms with E-state index in [0.717, 1.165) is 44.3 Å². The fraction of sp³-hybridized carbons (Fsp3) is 0.625. The first-order chi connectivity index (χ1) is 9.97. The second-order valence-electron chi connectivity index (χ2n) is 5.98. The van der Waals surface area contributed by atoms with Crippen molar-refractivity contribution >= 4 is 15.5 Å². The molecule has 0 amide bonds. The van der Waals surface area contributed by atoms with Gasteiger partial charge in [0.05, 0.1) is 11.0 Å². The van der Waals surface area contributed by atoms with Gasteiger partial charge in [-0.2, -0.15) is 0 Å². The first-order valence-corrected chi connectivity index (χ1v) is 9.58. The van der Waals surface area contributed by atoms with Gasteiger partial charge >= 0.3 is 0 Å². The molecule has 1 saturated carbocycles. The summed E-state index contributed by atoms with van der Waals surface area (Å²) >= 11 is 0. The van der Waals surface area contributed by atoms with Crippen LogP contribution in [0.25, 0.3) is 0 Å². The lowest BCUT2D eigenvalue weighted by molar-refractivity contribution is 0.0648. The molecule has 0 heterocycles. The van der Waals surface area contributed by atoms with Crippen LogP contribution < -0.4 is 5.32 Å². The third-order valence-electron chi connectivity index (χ3n) is 4.23. The first kappa shape index (κ1) is 16.3. The lowest BCUT2D eigenvalue weighted by atomic mass is 9.83. The van der Waals surface area contributed by atoms with E-state index < -0.39 is 9.84 Å². The standard InChI is InChI=1S/C16H25NO3S/c1-21(19,20)15-10-8-14(9-11-15)17-12-4-6-13-5-2-3-7-16(13)18/h8-11,13,16-18H,2-7,12H2,1H3/t13-,16+/m0/s1. The van der Waals surface area contributed by atoms with Gasteiger partial charge in [0.1, 0.15) is 0 Å². The summed E-state index contributed by atoms with van der Waals surface area (Å²) in [5.41, 5.74) is 0.937. The SMILES string of the molecule is CS(=O)(=O)c1ccc(NCCC[C@@H]2CCCC[C@H]2O)cc1. The van der Waals surface area contributed by atoms with Gasteiger partial charge in [-0.1, -0.05) is 12.8 Å². The summed E-state index contributed by atoms with van der Waals surface area (Å²) in [6.45, 7) is 0.849. The van der Waals surface area contributed by atoms with E-state index in [-0.39, 0.29) is 6.10 Å². The summed E-state index contributed by atoms with van der Waals surface area (Å²) in [5, 5.41) is 13.2. The predicted molar refractivity (Wildman–Crippen MR) is 85.2 cm³/mol. The van der Waals surface area contributed by atoms with Crippen molar-refractivity contribution in [1.82, 2.24) is 0 Å². The summed E-state index contributed by atoms with van der Waals surface area (Å²) in [5.74, 6) is 0.452. The molecular weight excluding hydrogens is 286 g/mol. The topological polar surface area (TPSA) is 66.4 Å². The van der Waals surface area contributed by atoms with Gasteiger partial charge in [-0.3, -0.25) is 0 Å². The van der Waals surface area contributed by atoms with Gasteiger partial charge in [0.25, 0.3) is 0 Å². The van der Waals surface area contributed by atoms with E-state index in [0.29, 0.717) is 10.8 Å². The fourth-order valence-corrected chi connectivity index (χ4v) is 3.57. The Morgan fingerprint density at radius 3 is 2.48 bits per heavy atom. The molecule has 0 aromatic heterocycles. The Hall–Kier alpha value is -1.07. The summed E-state index contributed by atoms with van der Waals surface area (Å²) in [4.78, 5) is 0.346. The highest BCUT2D eigenvalue weighted by atomic mass is 32.2. The van der Waals surface area contributed by atoms with Gasteiger partial charge in [0.2, 0.25) is 0 Å². The smallest absolute Gasteiger partial charge is 0.175 e. The average molecular weight is 311 g/mol. The first-order valence-electron chi connectivity index (χ1n) is 7.69. The van der Waals surface area contributed by atoms with Crippen LogP contribution in [0.15, 0.2) is 29.2 Å². The van der Waals surface area contributed by atoms with E-state index in [9.17, 15) is 13.5 Å². The van der Waals surface area contributed by atoms with Crippen molar-refractivity contribution in [2.75, 3.05) is 18.1 Å². The summed E-state index contributed by atoms with van der Waals surface area (Å²) in [7, 11) is -3.12. The Morgan fingerprint density at radius 1 is 1.19 bits per heavy atom. The lowest BCUT2D eigenvalue weighted by Gasteiger charge is -2.27. The maximum atomic E-state index is 11.4. The summed E-state index contributed by atoms with van der Waals surface area (Å²) in [6.07, 6.45) is 7.66. The predicted octanol–water partition coefficient (Wildman–Crippen LogP) is 2.83. The van der Waals surface area contributed by atoms with E-state index in [2.05, 4.69) is 5.32 Å². The number of hydrogen-bond donors (Lipinski definition) is 2. The second kappa shape index (κ2) is 7.27. The largest absolute Gasteiger partial charge is 0.393 e. The van der Waals surface area contributed by atoms with Crippen molar-refractivity contribution in [1.29, 1.82) is 0 Å². The Morgan fingerprint density at radius 2 is 1.86 bits per heavy atom. The molecule has 4 nitrogen and oxygen atoms in total. The molecule has 1 aliphatic carbocycles. The van der Waals surface area contributed by atoms with Gasteiger partial charge in [0, 0.05) is 18.5 Å². The molecule has 0 aliphatic heterocycles.